The number of para-hydroxylation sites is 2. The van der Waals surface area contributed by atoms with Gasteiger partial charge in [0.2, 0.25) is 0 Å². The Morgan fingerprint density at radius 3 is 2.93 bits per heavy atom. The predicted octanol–water partition coefficient (Wildman–Crippen LogP) is 2.13. The lowest BCUT2D eigenvalue weighted by Gasteiger charge is -2.06. The summed E-state index contributed by atoms with van der Waals surface area (Å²) in [7, 11) is 0. The first-order valence-electron chi connectivity index (χ1n) is 8.37. The molecule has 29 heavy (non-hydrogen) atoms. The number of halogens is 1. The zero-order chi connectivity index (χ0) is 20.4. The molecule has 0 spiro atoms. The van der Waals surface area contributed by atoms with E-state index in [0.29, 0.717) is 16.9 Å². The maximum atomic E-state index is 12.5. The lowest BCUT2D eigenvalue weighted by Crippen LogP contribution is -2.23. The van der Waals surface area contributed by atoms with Gasteiger partial charge in [-0.2, -0.15) is 5.10 Å². The number of hydrogen-bond acceptors (Lipinski definition) is 8. The first kappa shape index (κ1) is 18.9. The number of nitrogens with zero attached hydrogens (tertiary/aromatic N) is 5. The Hall–Kier alpha value is -3.48. The lowest BCUT2D eigenvalue weighted by atomic mass is 10.2. The number of anilines is 1. The number of phenols is 1. The molecule has 0 radical (unpaired) electrons. The monoisotopic (exact) mass is 503 g/mol. The van der Waals surface area contributed by atoms with Gasteiger partial charge in [0.15, 0.2) is 17.3 Å². The Bertz CT molecular complexity index is 1230. The zero-order valence-corrected chi connectivity index (χ0v) is 16.9. The Morgan fingerprint density at radius 1 is 1.31 bits per heavy atom. The molecule has 1 amide bonds. The third-order valence-corrected chi connectivity index (χ3v) is 4.74. The van der Waals surface area contributed by atoms with E-state index in [4.69, 9.17) is 5.73 Å². The van der Waals surface area contributed by atoms with Crippen LogP contribution in [0.4, 0.5) is 5.82 Å². The highest BCUT2D eigenvalue weighted by Gasteiger charge is 2.20. The second-order valence-electron chi connectivity index (χ2n) is 6.00. The third kappa shape index (κ3) is 3.89. The van der Waals surface area contributed by atoms with Gasteiger partial charge in [0.25, 0.3) is 5.91 Å². The molecule has 4 aromatic rings. The predicted molar refractivity (Wildman–Crippen MR) is 114 cm³/mol. The minimum atomic E-state index is -0.397. The summed E-state index contributed by atoms with van der Waals surface area (Å²) in [5.74, 6) is 0.111. The van der Waals surface area contributed by atoms with E-state index in [9.17, 15) is 9.90 Å². The molecule has 4 N–H and O–H groups in total. The normalized spacial score (nSPS) is 11.3. The van der Waals surface area contributed by atoms with Gasteiger partial charge in [-0.3, -0.25) is 4.79 Å². The first-order valence-corrected chi connectivity index (χ1v) is 9.45. The van der Waals surface area contributed by atoms with Crippen LogP contribution in [0.15, 0.2) is 52.2 Å². The lowest BCUT2D eigenvalue weighted by molar-refractivity contribution is -0.121. The van der Waals surface area contributed by atoms with Crippen LogP contribution in [-0.4, -0.2) is 37.1 Å². The number of aromatic nitrogens is 4. The van der Waals surface area contributed by atoms with Crippen LogP contribution in [0.25, 0.3) is 22.6 Å². The molecule has 2 aromatic heterocycles. The molecule has 0 aliphatic carbocycles. The van der Waals surface area contributed by atoms with E-state index in [1.165, 1.54) is 6.21 Å². The molecule has 10 nitrogen and oxygen atoms in total. The molecular formula is C18H14IN7O3. The fourth-order valence-corrected chi connectivity index (χ4v) is 3.26. The fourth-order valence-electron chi connectivity index (χ4n) is 2.75. The molecule has 0 aliphatic heterocycles. The number of aromatic hydroxyl groups is 1. The van der Waals surface area contributed by atoms with Gasteiger partial charge in [-0.15, -0.1) is 0 Å². The number of phenolic OH excluding ortho intramolecular Hbond substituents is 1. The average Bonchev–Trinajstić information content (AvgIpc) is 3.28. The summed E-state index contributed by atoms with van der Waals surface area (Å²) in [6.07, 6.45) is 1.38. The summed E-state index contributed by atoms with van der Waals surface area (Å²) in [6.45, 7) is -0.0855. The van der Waals surface area contributed by atoms with Gasteiger partial charge in [0.05, 0.1) is 17.2 Å². The molecule has 0 fully saturated rings. The van der Waals surface area contributed by atoms with Crippen LogP contribution < -0.4 is 11.2 Å². The van der Waals surface area contributed by atoms with Crippen molar-refractivity contribution in [3.63, 3.8) is 0 Å². The summed E-state index contributed by atoms with van der Waals surface area (Å²) < 4.78 is 7.25. The van der Waals surface area contributed by atoms with Crippen LogP contribution in [0.5, 0.6) is 5.75 Å². The Balaban J connectivity index is 1.59. The maximum absolute atomic E-state index is 12.5. The number of nitrogens with one attached hydrogen (secondary N) is 1. The number of amides is 1. The molecule has 146 valence electrons. The SMILES string of the molecule is Nc1nonc1-c1nc2ccccc2n1CC(=O)N/N=C\c1cc(I)ccc1O. The molecule has 0 unspecified atom stereocenters. The molecule has 2 aromatic carbocycles. The molecule has 0 bridgehead atoms. The molecule has 0 atom stereocenters. The number of imidazole rings is 1. The Kier molecular flexibility index (Phi) is 5.12. The minimum Gasteiger partial charge on any atom is -0.507 e. The van der Waals surface area contributed by atoms with E-state index >= 15 is 0 Å². The maximum Gasteiger partial charge on any atom is 0.260 e. The van der Waals surface area contributed by atoms with E-state index < -0.39 is 5.91 Å². The molecule has 0 saturated carbocycles. The molecule has 2 heterocycles. The number of rotatable bonds is 5. The molecule has 0 saturated heterocycles. The number of hydrazone groups is 1. The van der Waals surface area contributed by atoms with Gasteiger partial charge < -0.3 is 15.4 Å². The van der Waals surface area contributed by atoms with Crippen molar-refractivity contribution in [1.82, 2.24) is 25.3 Å². The highest BCUT2D eigenvalue weighted by atomic mass is 127. The summed E-state index contributed by atoms with van der Waals surface area (Å²) in [5, 5.41) is 21.1. The summed E-state index contributed by atoms with van der Waals surface area (Å²) in [4.78, 5) is 17.0. The third-order valence-electron chi connectivity index (χ3n) is 4.06. The molecule has 11 heteroatoms. The van der Waals surface area contributed by atoms with Gasteiger partial charge in [-0.1, -0.05) is 12.1 Å². The zero-order valence-electron chi connectivity index (χ0n) is 14.8. The van der Waals surface area contributed by atoms with Gasteiger partial charge in [0, 0.05) is 9.13 Å². The van der Waals surface area contributed by atoms with Crippen LogP contribution in [-0.2, 0) is 11.3 Å². The van der Waals surface area contributed by atoms with Crippen molar-refractivity contribution in [2.45, 2.75) is 6.54 Å². The average molecular weight is 503 g/mol. The summed E-state index contributed by atoms with van der Waals surface area (Å²) in [6, 6.07) is 12.4. The number of carbonyl (C=O) groups excluding carboxylic acids is 1. The van der Waals surface area contributed by atoms with Crippen LogP contribution in [0.2, 0.25) is 0 Å². The molecular weight excluding hydrogens is 489 g/mol. The number of hydrogen-bond donors (Lipinski definition) is 3. The topological polar surface area (TPSA) is 144 Å². The van der Waals surface area contributed by atoms with Gasteiger partial charge in [-0.25, -0.2) is 15.0 Å². The van der Waals surface area contributed by atoms with E-state index in [-0.39, 0.29) is 23.8 Å². The minimum absolute atomic E-state index is 0.0697. The van der Waals surface area contributed by atoms with E-state index in [2.05, 4.69) is 53.0 Å². The van der Waals surface area contributed by atoms with Crippen LogP contribution in [0, 0.1) is 3.57 Å². The summed E-state index contributed by atoms with van der Waals surface area (Å²) in [5.41, 5.74) is 10.4. The Labute approximate surface area is 177 Å². The summed E-state index contributed by atoms with van der Waals surface area (Å²) >= 11 is 2.12. The van der Waals surface area contributed by atoms with Crippen molar-refractivity contribution in [2.75, 3.05) is 5.73 Å². The smallest absolute Gasteiger partial charge is 0.260 e. The van der Waals surface area contributed by atoms with E-state index in [1.807, 2.05) is 24.3 Å². The highest BCUT2D eigenvalue weighted by Crippen LogP contribution is 2.26. The van der Waals surface area contributed by atoms with E-state index in [0.717, 1.165) is 9.09 Å². The number of nitrogen functional groups attached to an aromatic ring is 1. The van der Waals surface area contributed by atoms with Crippen LogP contribution in [0.1, 0.15) is 5.56 Å². The number of nitrogens with two attached hydrogens (primary N) is 1. The van der Waals surface area contributed by atoms with Crippen molar-refractivity contribution >= 4 is 51.6 Å². The van der Waals surface area contributed by atoms with Crippen LogP contribution in [0.3, 0.4) is 0 Å². The van der Waals surface area contributed by atoms with Crippen molar-refractivity contribution in [3.05, 3.63) is 51.6 Å². The number of fused-ring (bicyclic) bond motifs is 1. The van der Waals surface area contributed by atoms with Gasteiger partial charge in [-0.05, 0) is 63.2 Å². The van der Waals surface area contributed by atoms with Gasteiger partial charge in [0.1, 0.15) is 12.3 Å². The van der Waals surface area contributed by atoms with Crippen molar-refractivity contribution in [3.8, 4) is 17.3 Å². The van der Waals surface area contributed by atoms with E-state index in [1.54, 1.807) is 22.8 Å². The molecule has 4 rings (SSSR count). The highest BCUT2D eigenvalue weighted by molar-refractivity contribution is 14.1. The molecule has 0 aliphatic rings. The van der Waals surface area contributed by atoms with Crippen molar-refractivity contribution < 1.29 is 14.5 Å². The second kappa shape index (κ2) is 7.87. The number of carbonyl (C=O) groups is 1. The Morgan fingerprint density at radius 2 is 2.14 bits per heavy atom. The first-order chi connectivity index (χ1) is 14.0. The van der Waals surface area contributed by atoms with Crippen LogP contribution >= 0.6 is 22.6 Å². The fraction of sp³-hybridized carbons (Fsp3) is 0.0556. The largest absolute Gasteiger partial charge is 0.507 e. The number of benzene rings is 2. The van der Waals surface area contributed by atoms with Crippen molar-refractivity contribution in [2.24, 2.45) is 5.10 Å². The quantitative estimate of drug-likeness (QED) is 0.215. The standard InChI is InChI=1S/C18H14IN7O3/c19-11-5-6-14(27)10(7-11)8-21-23-15(28)9-26-13-4-2-1-3-12(13)22-18(26)16-17(20)25-29-24-16/h1-8,27H,9H2,(H2,20,25)(H,23,28)/b21-8-. The van der Waals surface area contributed by atoms with Gasteiger partial charge >= 0.3 is 0 Å². The second-order valence-corrected chi connectivity index (χ2v) is 7.25. The van der Waals surface area contributed by atoms with Crippen molar-refractivity contribution in [1.29, 1.82) is 0 Å².